The van der Waals surface area contributed by atoms with E-state index in [9.17, 15) is 9.90 Å². The number of carbonyl (C=O) groups excluding carboxylic acids is 1. The fourth-order valence-electron chi connectivity index (χ4n) is 2.33. The fourth-order valence-corrected chi connectivity index (χ4v) is 3.29. The molecule has 2 N–H and O–H groups in total. The molecule has 1 aromatic heterocycles. The molecule has 0 atom stereocenters. The lowest BCUT2D eigenvalue weighted by atomic mass is 10.2. The van der Waals surface area contributed by atoms with Crippen molar-refractivity contribution in [1.29, 1.82) is 0 Å². The molecule has 26 heavy (non-hydrogen) atoms. The van der Waals surface area contributed by atoms with Gasteiger partial charge in [0.25, 0.3) is 5.91 Å². The molecule has 0 fully saturated rings. The topological polar surface area (TPSA) is 83.8 Å². The van der Waals surface area contributed by atoms with E-state index < -0.39 is 0 Å². The lowest BCUT2D eigenvalue weighted by Crippen LogP contribution is -2.17. The van der Waals surface area contributed by atoms with E-state index in [1.165, 1.54) is 24.7 Å². The van der Waals surface area contributed by atoms with Crippen LogP contribution in [0.3, 0.4) is 0 Å². The minimum absolute atomic E-state index is 0.0340. The number of nitrogens with zero attached hydrogens (tertiary/aromatic N) is 2. The lowest BCUT2D eigenvalue weighted by Gasteiger charge is -2.04. The number of rotatable bonds is 5. The lowest BCUT2D eigenvalue weighted by molar-refractivity contribution is 0.0958. The number of hydrogen-bond acceptors (Lipinski definition) is 6. The summed E-state index contributed by atoms with van der Waals surface area (Å²) in [5.74, 6) is -0.0415. The number of nitrogens with one attached hydrogen (secondary N) is 1. The van der Waals surface area contributed by atoms with Gasteiger partial charge in [-0.3, -0.25) is 4.79 Å². The largest absolute Gasteiger partial charge is 0.504 e. The summed E-state index contributed by atoms with van der Waals surface area (Å²) in [5, 5.41) is 14.7. The maximum atomic E-state index is 12.4. The third-order valence-electron chi connectivity index (χ3n) is 3.64. The van der Waals surface area contributed by atoms with Crippen LogP contribution in [0.4, 0.5) is 0 Å². The van der Waals surface area contributed by atoms with E-state index in [2.05, 4.69) is 15.5 Å². The first kappa shape index (κ1) is 17.6. The molecule has 3 aromatic rings. The molecule has 0 aliphatic rings. The Morgan fingerprint density at radius 2 is 2.00 bits per heavy atom. The van der Waals surface area contributed by atoms with E-state index in [4.69, 9.17) is 4.74 Å². The quantitative estimate of drug-likeness (QED) is 0.533. The molecule has 7 heteroatoms. The number of phenols is 1. The highest BCUT2D eigenvalue weighted by molar-refractivity contribution is 7.17. The van der Waals surface area contributed by atoms with Gasteiger partial charge >= 0.3 is 0 Å². The number of para-hydroxylation sites is 1. The van der Waals surface area contributed by atoms with Gasteiger partial charge in [0.1, 0.15) is 9.88 Å². The Balaban J connectivity index is 1.74. The number of phenolic OH excluding ortho intramolecular Hbond substituents is 1. The van der Waals surface area contributed by atoms with Gasteiger partial charge in [-0.05, 0) is 19.1 Å². The summed E-state index contributed by atoms with van der Waals surface area (Å²) in [6, 6.07) is 14.7. The van der Waals surface area contributed by atoms with Crippen LogP contribution in [0.1, 0.15) is 20.9 Å². The Hall–Kier alpha value is -3.19. The zero-order chi connectivity index (χ0) is 18.5. The Labute approximate surface area is 154 Å². The van der Waals surface area contributed by atoms with Crippen LogP contribution in [0.2, 0.25) is 0 Å². The summed E-state index contributed by atoms with van der Waals surface area (Å²) in [5.41, 5.74) is 4.51. The SMILES string of the molecule is COc1cccc(/C=N/NC(=O)c2sc(-c3ccccc3)nc2C)c1O. The zero-order valence-corrected chi connectivity index (χ0v) is 15.1. The summed E-state index contributed by atoms with van der Waals surface area (Å²) in [4.78, 5) is 17.3. The molecular formula is C19H17N3O3S. The van der Waals surface area contributed by atoms with Gasteiger partial charge in [-0.15, -0.1) is 11.3 Å². The van der Waals surface area contributed by atoms with Gasteiger partial charge < -0.3 is 9.84 Å². The number of carbonyl (C=O) groups is 1. The first-order chi connectivity index (χ1) is 12.6. The van der Waals surface area contributed by atoms with Crippen LogP contribution in [0.25, 0.3) is 10.6 Å². The number of aromatic hydroxyl groups is 1. The molecule has 0 radical (unpaired) electrons. The van der Waals surface area contributed by atoms with Crippen molar-refractivity contribution in [2.75, 3.05) is 7.11 Å². The molecule has 0 saturated heterocycles. The molecular weight excluding hydrogens is 350 g/mol. The molecule has 1 amide bonds. The van der Waals surface area contributed by atoms with Crippen LogP contribution in [-0.4, -0.2) is 29.3 Å². The molecule has 0 unspecified atom stereocenters. The van der Waals surface area contributed by atoms with Crippen LogP contribution >= 0.6 is 11.3 Å². The van der Waals surface area contributed by atoms with Crippen molar-refractivity contribution >= 4 is 23.5 Å². The molecule has 0 saturated carbocycles. The van der Waals surface area contributed by atoms with Gasteiger partial charge in [-0.25, -0.2) is 10.4 Å². The number of ether oxygens (including phenoxy) is 1. The zero-order valence-electron chi connectivity index (χ0n) is 14.3. The van der Waals surface area contributed by atoms with Crippen molar-refractivity contribution in [3.05, 3.63) is 64.7 Å². The molecule has 0 spiro atoms. The fraction of sp³-hybridized carbons (Fsp3) is 0.105. The minimum Gasteiger partial charge on any atom is -0.504 e. The molecule has 0 aliphatic heterocycles. The molecule has 6 nitrogen and oxygen atoms in total. The average Bonchev–Trinajstić information content (AvgIpc) is 3.05. The summed E-state index contributed by atoms with van der Waals surface area (Å²) in [6.07, 6.45) is 1.37. The third-order valence-corrected chi connectivity index (χ3v) is 4.85. The number of amides is 1. The van der Waals surface area contributed by atoms with E-state index in [-0.39, 0.29) is 11.7 Å². The Kier molecular flexibility index (Phi) is 5.28. The summed E-state index contributed by atoms with van der Waals surface area (Å²) in [6.45, 7) is 1.79. The second-order valence-corrected chi connectivity index (χ2v) is 6.40. The Morgan fingerprint density at radius 3 is 2.73 bits per heavy atom. The first-order valence-electron chi connectivity index (χ1n) is 7.82. The van der Waals surface area contributed by atoms with Gasteiger partial charge in [0.15, 0.2) is 11.5 Å². The number of hydrogen-bond donors (Lipinski definition) is 2. The van der Waals surface area contributed by atoms with Crippen molar-refractivity contribution < 1.29 is 14.6 Å². The summed E-state index contributed by atoms with van der Waals surface area (Å²) < 4.78 is 5.04. The highest BCUT2D eigenvalue weighted by Crippen LogP contribution is 2.29. The van der Waals surface area contributed by atoms with Crippen molar-refractivity contribution in [1.82, 2.24) is 10.4 Å². The van der Waals surface area contributed by atoms with Crippen LogP contribution in [0.15, 0.2) is 53.6 Å². The first-order valence-corrected chi connectivity index (χ1v) is 8.64. The van der Waals surface area contributed by atoms with Gasteiger partial charge in [-0.2, -0.15) is 5.10 Å². The number of thiazole rings is 1. The van der Waals surface area contributed by atoms with Crippen molar-refractivity contribution in [3.8, 4) is 22.1 Å². The molecule has 2 aromatic carbocycles. The Bertz CT molecular complexity index is 952. The molecule has 0 bridgehead atoms. The van der Waals surface area contributed by atoms with Gasteiger partial charge in [0, 0.05) is 11.1 Å². The van der Waals surface area contributed by atoms with Gasteiger partial charge in [0.2, 0.25) is 0 Å². The predicted octanol–water partition coefficient (Wildman–Crippen LogP) is 3.60. The highest BCUT2D eigenvalue weighted by atomic mass is 32.1. The predicted molar refractivity (Wildman–Crippen MR) is 102 cm³/mol. The van der Waals surface area contributed by atoms with Crippen LogP contribution in [0.5, 0.6) is 11.5 Å². The van der Waals surface area contributed by atoms with E-state index in [0.717, 1.165) is 10.6 Å². The van der Waals surface area contributed by atoms with Crippen LogP contribution < -0.4 is 10.2 Å². The second kappa shape index (κ2) is 7.79. The maximum absolute atomic E-state index is 12.4. The summed E-state index contributed by atoms with van der Waals surface area (Å²) >= 11 is 1.31. The van der Waals surface area contributed by atoms with Gasteiger partial charge in [0.05, 0.1) is 19.0 Å². The number of hydrazone groups is 1. The van der Waals surface area contributed by atoms with Crippen LogP contribution in [0, 0.1) is 6.92 Å². The van der Waals surface area contributed by atoms with E-state index >= 15 is 0 Å². The van der Waals surface area contributed by atoms with E-state index in [1.807, 2.05) is 30.3 Å². The molecule has 0 aliphatic carbocycles. The molecule has 3 rings (SSSR count). The van der Waals surface area contributed by atoms with Crippen molar-refractivity contribution in [3.63, 3.8) is 0 Å². The van der Waals surface area contributed by atoms with E-state index in [0.29, 0.717) is 21.9 Å². The van der Waals surface area contributed by atoms with E-state index in [1.54, 1.807) is 25.1 Å². The monoisotopic (exact) mass is 367 g/mol. The normalized spacial score (nSPS) is 10.8. The maximum Gasteiger partial charge on any atom is 0.283 e. The summed E-state index contributed by atoms with van der Waals surface area (Å²) in [7, 11) is 1.47. The number of aryl methyl sites for hydroxylation is 1. The Morgan fingerprint density at radius 1 is 1.23 bits per heavy atom. The van der Waals surface area contributed by atoms with Crippen molar-refractivity contribution in [2.24, 2.45) is 5.10 Å². The second-order valence-electron chi connectivity index (χ2n) is 5.40. The average molecular weight is 367 g/mol. The van der Waals surface area contributed by atoms with Gasteiger partial charge in [-0.1, -0.05) is 36.4 Å². The molecule has 1 heterocycles. The van der Waals surface area contributed by atoms with Crippen molar-refractivity contribution in [2.45, 2.75) is 6.92 Å². The smallest absolute Gasteiger partial charge is 0.283 e. The third kappa shape index (κ3) is 3.73. The number of aromatic nitrogens is 1. The molecule has 132 valence electrons. The number of methoxy groups -OCH3 is 1. The standard InChI is InChI=1S/C19H17N3O3S/c1-12-17(26-19(21-12)13-7-4-3-5-8-13)18(24)22-20-11-14-9-6-10-15(25-2)16(14)23/h3-11,23H,1-2H3,(H,22,24)/b20-11+. The van der Waals surface area contributed by atoms with Crippen LogP contribution in [-0.2, 0) is 0 Å². The minimum atomic E-state index is -0.346. The number of benzene rings is 2. The highest BCUT2D eigenvalue weighted by Gasteiger charge is 2.15.